The highest BCUT2D eigenvalue weighted by atomic mass is 35.5. The molecule has 1 aromatic heterocycles. The zero-order chi connectivity index (χ0) is 32.4. The van der Waals surface area contributed by atoms with Crippen molar-refractivity contribution >= 4 is 39.5 Å². The van der Waals surface area contributed by atoms with Crippen LogP contribution in [-0.2, 0) is 26.2 Å². The highest BCUT2D eigenvalue weighted by Gasteiger charge is 2.36. The van der Waals surface area contributed by atoms with Crippen molar-refractivity contribution in [2.24, 2.45) is 0 Å². The third-order valence-electron chi connectivity index (χ3n) is 8.26. The van der Waals surface area contributed by atoms with E-state index in [4.69, 9.17) is 16.7 Å². The van der Waals surface area contributed by atoms with Crippen LogP contribution in [0.5, 0.6) is 0 Å². The third-order valence-corrected chi connectivity index (χ3v) is 10.5. The van der Waals surface area contributed by atoms with Gasteiger partial charge in [-0.3, -0.25) is 14.5 Å². The molecule has 0 atom stereocenters. The summed E-state index contributed by atoms with van der Waals surface area (Å²) in [5.41, 5.74) is 3.30. The number of hydrogen-bond donors (Lipinski definition) is 0. The monoisotopic (exact) mass is 651 g/mol. The normalized spacial score (nSPS) is 17.1. The number of halogens is 1. The summed E-state index contributed by atoms with van der Waals surface area (Å²) in [5, 5.41) is 15.1. The lowest BCUT2D eigenvalue weighted by Crippen LogP contribution is -2.42. The average molecular weight is 652 g/mol. The zero-order valence-corrected chi connectivity index (χ0v) is 26.6. The number of piperidine rings is 1. The van der Waals surface area contributed by atoms with Gasteiger partial charge in [-0.2, -0.15) is 14.7 Å². The molecule has 9 nitrogen and oxygen atoms in total. The molecule has 4 aromatic rings. The summed E-state index contributed by atoms with van der Waals surface area (Å²) in [5.74, 6) is -1.25. The summed E-state index contributed by atoms with van der Waals surface area (Å²) < 4.78 is 29.8. The molecule has 6 rings (SSSR count). The fourth-order valence-electron chi connectivity index (χ4n) is 5.70. The van der Waals surface area contributed by atoms with Gasteiger partial charge in [-0.25, -0.2) is 13.1 Å². The number of aromatic nitrogens is 2. The van der Waals surface area contributed by atoms with Crippen LogP contribution in [0.2, 0.25) is 5.02 Å². The van der Waals surface area contributed by atoms with E-state index in [2.05, 4.69) is 0 Å². The Hall–Kier alpha value is -4.82. The first kappa shape index (κ1) is 31.2. The number of hydrogen-bond acceptors (Lipinski definition) is 6. The predicted octanol–water partition coefficient (Wildman–Crippen LogP) is 6.16. The van der Waals surface area contributed by atoms with E-state index in [1.807, 2.05) is 36.4 Å². The number of para-hydroxylation sites is 1. The summed E-state index contributed by atoms with van der Waals surface area (Å²) >= 11 is 6.34. The van der Waals surface area contributed by atoms with E-state index < -0.39 is 21.8 Å². The van der Waals surface area contributed by atoms with E-state index in [1.54, 1.807) is 72.4 Å². The molecule has 2 amide bonds. The maximum absolute atomic E-state index is 13.9. The van der Waals surface area contributed by atoms with Crippen molar-refractivity contribution in [3.05, 3.63) is 118 Å². The summed E-state index contributed by atoms with van der Waals surface area (Å²) in [7, 11) is -3.63. The lowest BCUT2D eigenvalue weighted by Gasteiger charge is -2.27. The van der Waals surface area contributed by atoms with E-state index in [1.165, 1.54) is 4.31 Å². The SMILES string of the molecule is CC1=C(C#N)C(=O)N(Cc2ccccc2Cl)C(=O)/C1=C/c1cn(-c2ccccc2)nc1-c1ccc(S(=O)(=O)N2CCCCC2)cc1. The summed E-state index contributed by atoms with van der Waals surface area (Å²) in [6.07, 6.45) is 6.09. The fourth-order valence-corrected chi connectivity index (χ4v) is 7.41. The Kier molecular flexibility index (Phi) is 8.73. The van der Waals surface area contributed by atoms with Crippen molar-refractivity contribution in [2.45, 2.75) is 37.6 Å². The van der Waals surface area contributed by atoms with Crippen LogP contribution in [0.4, 0.5) is 0 Å². The van der Waals surface area contributed by atoms with Gasteiger partial charge in [0.1, 0.15) is 11.6 Å². The number of nitriles is 1. The summed E-state index contributed by atoms with van der Waals surface area (Å²) in [6.45, 7) is 2.49. The Balaban J connectivity index is 1.44. The molecule has 3 aromatic carbocycles. The van der Waals surface area contributed by atoms with Crippen LogP contribution in [0.3, 0.4) is 0 Å². The Morgan fingerprint density at radius 1 is 0.913 bits per heavy atom. The van der Waals surface area contributed by atoms with Crippen LogP contribution in [0.1, 0.15) is 37.3 Å². The van der Waals surface area contributed by atoms with Gasteiger partial charge in [0, 0.05) is 41.0 Å². The van der Waals surface area contributed by atoms with E-state index in [-0.39, 0.29) is 28.2 Å². The third kappa shape index (κ3) is 5.93. The molecule has 0 bridgehead atoms. The largest absolute Gasteiger partial charge is 0.271 e. The Morgan fingerprint density at radius 2 is 1.59 bits per heavy atom. The molecular weight excluding hydrogens is 622 g/mol. The van der Waals surface area contributed by atoms with Gasteiger partial charge in [-0.1, -0.05) is 66.6 Å². The van der Waals surface area contributed by atoms with Crippen molar-refractivity contribution in [3.8, 4) is 23.0 Å². The topological polar surface area (TPSA) is 116 Å². The van der Waals surface area contributed by atoms with Gasteiger partial charge in [-0.05, 0) is 67.3 Å². The average Bonchev–Trinajstić information content (AvgIpc) is 3.51. The van der Waals surface area contributed by atoms with Crippen LogP contribution in [0.25, 0.3) is 23.0 Å². The molecule has 1 saturated heterocycles. The van der Waals surface area contributed by atoms with Gasteiger partial charge in [0.25, 0.3) is 11.8 Å². The molecule has 0 unspecified atom stereocenters. The van der Waals surface area contributed by atoms with E-state index in [9.17, 15) is 23.3 Å². The second kappa shape index (κ2) is 12.9. The fraction of sp³-hybridized carbons (Fsp3) is 0.200. The number of carbonyl (C=O) groups excluding carboxylic acids is 2. The van der Waals surface area contributed by atoms with E-state index in [0.29, 0.717) is 40.5 Å². The van der Waals surface area contributed by atoms with Gasteiger partial charge < -0.3 is 0 Å². The zero-order valence-electron chi connectivity index (χ0n) is 25.1. The molecule has 2 aliphatic rings. The van der Waals surface area contributed by atoms with Crippen molar-refractivity contribution in [3.63, 3.8) is 0 Å². The van der Waals surface area contributed by atoms with Crippen molar-refractivity contribution in [1.29, 1.82) is 5.26 Å². The van der Waals surface area contributed by atoms with Gasteiger partial charge >= 0.3 is 0 Å². The molecule has 0 N–H and O–H groups in total. The van der Waals surface area contributed by atoms with Crippen LogP contribution >= 0.6 is 11.6 Å². The minimum atomic E-state index is -3.63. The molecule has 3 heterocycles. The molecule has 0 saturated carbocycles. The first-order valence-corrected chi connectivity index (χ1v) is 16.7. The van der Waals surface area contributed by atoms with Gasteiger partial charge in [0.05, 0.1) is 22.8 Å². The van der Waals surface area contributed by atoms with Crippen molar-refractivity contribution in [2.75, 3.05) is 13.1 Å². The quantitative estimate of drug-likeness (QED) is 0.175. The predicted molar refractivity (Wildman–Crippen MR) is 175 cm³/mol. The highest BCUT2D eigenvalue weighted by Crippen LogP contribution is 2.33. The second-order valence-corrected chi connectivity index (χ2v) is 13.5. The maximum Gasteiger partial charge on any atom is 0.271 e. The summed E-state index contributed by atoms with van der Waals surface area (Å²) in [4.78, 5) is 28.4. The second-order valence-electron chi connectivity index (χ2n) is 11.2. The molecule has 0 aliphatic carbocycles. The molecule has 2 aliphatic heterocycles. The standard InChI is InChI=1S/C35H30ClN5O4S/c1-24-30(34(42)40(35(43)31(24)21-37)22-26-10-6-7-13-32(26)36)20-27-23-41(28-11-4-2-5-12-28)38-33(27)25-14-16-29(17-15-25)46(44,45)39-18-8-3-9-19-39/h2,4-7,10-17,20,23H,3,8-9,18-19,22H2,1H3/b30-20+. The first-order chi connectivity index (χ1) is 22.2. The summed E-state index contributed by atoms with van der Waals surface area (Å²) in [6, 6.07) is 24.9. The molecule has 1 fully saturated rings. The molecule has 0 radical (unpaired) electrons. The van der Waals surface area contributed by atoms with Gasteiger partial charge in [-0.15, -0.1) is 0 Å². The van der Waals surface area contributed by atoms with Crippen LogP contribution in [0, 0.1) is 11.3 Å². The molecule has 46 heavy (non-hydrogen) atoms. The molecule has 11 heteroatoms. The lowest BCUT2D eigenvalue weighted by atomic mass is 9.93. The minimum absolute atomic E-state index is 0.101. The van der Waals surface area contributed by atoms with Crippen molar-refractivity contribution in [1.82, 2.24) is 19.0 Å². The van der Waals surface area contributed by atoms with Gasteiger partial charge in [0.2, 0.25) is 10.0 Å². The Morgan fingerprint density at radius 3 is 2.26 bits per heavy atom. The number of sulfonamides is 1. The number of carbonyl (C=O) groups is 2. The number of amides is 2. The Bertz CT molecular complexity index is 2040. The van der Waals surface area contributed by atoms with Crippen LogP contribution < -0.4 is 0 Å². The molecule has 232 valence electrons. The van der Waals surface area contributed by atoms with Gasteiger partial charge in [0.15, 0.2) is 0 Å². The smallest absolute Gasteiger partial charge is 0.269 e. The number of nitrogens with zero attached hydrogens (tertiary/aromatic N) is 5. The molecule has 0 spiro atoms. The highest BCUT2D eigenvalue weighted by molar-refractivity contribution is 7.89. The van der Waals surface area contributed by atoms with Crippen LogP contribution in [-0.4, -0.2) is 52.3 Å². The lowest BCUT2D eigenvalue weighted by molar-refractivity contribution is -0.141. The maximum atomic E-state index is 13.9. The first-order valence-electron chi connectivity index (χ1n) is 14.9. The van der Waals surface area contributed by atoms with E-state index in [0.717, 1.165) is 29.8 Å². The number of imide groups is 1. The minimum Gasteiger partial charge on any atom is -0.269 e. The van der Waals surface area contributed by atoms with Crippen LogP contribution in [0.15, 0.2) is 107 Å². The van der Waals surface area contributed by atoms with E-state index >= 15 is 0 Å². The number of benzene rings is 3. The Labute approximate surface area is 272 Å². The van der Waals surface area contributed by atoms with Crippen molar-refractivity contribution < 1.29 is 18.0 Å². The molecular formula is C35H30ClN5O4S. The number of rotatable bonds is 7.